The van der Waals surface area contributed by atoms with Crippen LogP contribution in [0.5, 0.6) is 0 Å². The van der Waals surface area contributed by atoms with Gasteiger partial charge in [0.15, 0.2) is 0 Å². The molecule has 1 fully saturated rings. The van der Waals surface area contributed by atoms with Gasteiger partial charge in [0.05, 0.1) is 0 Å². The second-order valence-electron chi connectivity index (χ2n) is 4.44. The van der Waals surface area contributed by atoms with E-state index in [0.29, 0.717) is 18.4 Å². The van der Waals surface area contributed by atoms with Crippen molar-refractivity contribution in [2.24, 2.45) is 11.8 Å². The van der Waals surface area contributed by atoms with Crippen molar-refractivity contribution >= 4 is 5.91 Å². The minimum Gasteiger partial charge on any atom is -0.353 e. The summed E-state index contributed by atoms with van der Waals surface area (Å²) >= 11 is 0. The third-order valence-corrected chi connectivity index (χ3v) is 2.33. The normalized spacial score (nSPS) is 28.3. The van der Waals surface area contributed by atoms with Crippen LogP contribution in [0.25, 0.3) is 0 Å². The van der Waals surface area contributed by atoms with E-state index < -0.39 is 0 Å². The molecule has 0 spiro atoms. The van der Waals surface area contributed by atoms with Crippen LogP contribution in [0.15, 0.2) is 0 Å². The summed E-state index contributed by atoms with van der Waals surface area (Å²) in [6.45, 7) is 6.37. The van der Waals surface area contributed by atoms with Gasteiger partial charge in [-0.15, -0.1) is 0 Å². The van der Waals surface area contributed by atoms with Crippen LogP contribution in [0.1, 0.15) is 40.0 Å². The van der Waals surface area contributed by atoms with Gasteiger partial charge in [-0.1, -0.05) is 20.8 Å². The molecular weight excluding hydrogens is 150 g/mol. The number of carbonyl (C=O) groups excluding carboxylic acids is 1. The van der Waals surface area contributed by atoms with Crippen molar-refractivity contribution < 1.29 is 4.79 Å². The Labute approximate surface area is 74.7 Å². The Balaban J connectivity index is 2.11. The van der Waals surface area contributed by atoms with Crippen LogP contribution in [0.4, 0.5) is 0 Å². The summed E-state index contributed by atoms with van der Waals surface area (Å²) in [6, 6.07) is 0.478. The highest BCUT2D eigenvalue weighted by molar-refractivity contribution is 5.76. The molecule has 0 aromatic rings. The predicted octanol–water partition coefficient (Wildman–Crippen LogP) is 1.95. The Morgan fingerprint density at radius 3 is 2.50 bits per heavy atom. The van der Waals surface area contributed by atoms with Crippen molar-refractivity contribution in [1.82, 2.24) is 5.32 Å². The highest BCUT2D eigenvalue weighted by atomic mass is 16.1. The Hall–Kier alpha value is -0.530. The van der Waals surface area contributed by atoms with E-state index in [1.54, 1.807) is 0 Å². The van der Waals surface area contributed by atoms with E-state index in [1.165, 1.54) is 12.8 Å². The quantitative estimate of drug-likeness (QED) is 0.687. The molecule has 1 saturated carbocycles. The molecule has 1 rings (SSSR count). The summed E-state index contributed by atoms with van der Waals surface area (Å²) < 4.78 is 0. The number of rotatable bonds is 3. The SMILES string of the molecule is CC(C)CC(=O)NC1CC(C)C1. The highest BCUT2D eigenvalue weighted by Gasteiger charge is 2.26. The maximum atomic E-state index is 11.3. The Bertz CT molecular complexity index is 159. The van der Waals surface area contributed by atoms with Gasteiger partial charge in [0.25, 0.3) is 0 Å². The van der Waals surface area contributed by atoms with Gasteiger partial charge in [0, 0.05) is 12.5 Å². The second kappa shape index (κ2) is 3.92. The molecule has 1 N–H and O–H groups in total. The van der Waals surface area contributed by atoms with E-state index in [2.05, 4.69) is 26.1 Å². The van der Waals surface area contributed by atoms with Crippen molar-refractivity contribution in [3.8, 4) is 0 Å². The van der Waals surface area contributed by atoms with Crippen LogP contribution in [0.3, 0.4) is 0 Å². The number of nitrogens with one attached hydrogen (secondary N) is 1. The molecule has 1 aliphatic carbocycles. The van der Waals surface area contributed by atoms with Crippen LogP contribution in [0.2, 0.25) is 0 Å². The highest BCUT2D eigenvalue weighted by Crippen LogP contribution is 2.26. The van der Waals surface area contributed by atoms with E-state index in [4.69, 9.17) is 0 Å². The average Bonchev–Trinajstić information content (AvgIpc) is 1.82. The van der Waals surface area contributed by atoms with Crippen LogP contribution in [-0.2, 0) is 4.79 Å². The van der Waals surface area contributed by atoms with E-state index >= 15 is 0 Å². The first-order valence-electron chi connectivity index (χ1n) is 4.87. The molecule has 0 aromatic carbocycles. The first-order chi connectivity index (χ1) is 5.58. The maximum absolute atomic E-state index is 11.3. The summed E-state index contributed by atoms with van der Waals surface area (Å²) in [5.41, 5.74) is 0. The number of amides is 1. The van der Waals surface area contributed by atoms with Gasteiger partial charge in [0.2, 0.25) is 5.91 Å². The zero-order valence-electron chi connectivity index (χ0n) is 8.26. The van der Waals surface area contributed by atoms with Gasteiger partial charge < -0.3 is 5.32 Å². The van der Waals surface area contributed by atoms with Gasteiger partial charge >= 0.3 is 0 Å². The number of hydrogen-bond donors (Lipinski definition) is 1. The molecule has 0 aliphatic heterocycles. The lowest BCUT2D eigenvalue weighted by Gasteiger charge is -2.33. The van der Waals surface area contributed by atoms with Crippen molar-refractivity contribution in [3.63, 3.8) is 0 Å². The molecule has 12 heavy (non-hydrogen) atoms. The third-order valence-electron chi connectivity index (χ3n) is 2.33. The van der Waals surface area contributed by atoms with Crippen LogP contribution < -0.4 is 5.32 Å². The zero-order chi connectivity index (χ0) is 9.14. The summed E-state index contributed by atoms with van der Waals surface area (Å²) in [6.07, 6.45) is 3.01. The topological polar surface area (TPSA) is 29.1 Å². The maximum Gasteiger partial charge on any atom is 0.220 e. The van der Waals surface area contributed by atoms with Crippen molar-refractivity contribution in [3.05, 3.63) is 0 Å². The summed E-state index contributed by atoms with van der Waals surface area (Å²) in [5.74, 6) is 1.51. The first-order valence-corrected chi connectivity index (χ1v) is 4.87. The Kier molecular flexibility index (Phi) is 3.12. The van der Waals surface area contributed by atoms with E-state index in [0.717, 1.165) is 5.92 Å². The fraction of sp³-hybridized carbons (Fsp3) is 0.900. The van der Waals surface area contributed by atoms with Gasteiger partial charge in [0.1, 0.15) is 0 Å². The second-order valence-corrected chi connectivity index (χ2v) is 4.44. The lowest BCUT2D eigenvalue weighted by Crippen LogP contribution is -2.43. The van der Waals surface area contributed by atoms with Crippen LogP contribution in [-0.4, -0.2) is 11.9 Å². The lowest BCUT2D eigenvalue weighted by atomic mass is 9.82. The van der Waals surface area contributed by atoms with Gasteiger partial charge in [-0.25, -0.2) is 0 Å². The van der Waals surface area contributed by atoms with Gasteiger partial charge in [-0.3, -0.25) is 4.79 Å². The van der Waals surface area contributed by atoms with Crippen molar-refractivity contribution in [1.29, 1.82) is 0 Å². The Morgan fingerprint density at radius 1 is 1.50 bits per heavy atom. The molecule has 0 atom stereocenters. The van der Waals surface area contributed by atoms with Crippen molar-refractivity contribution in [2.75, 3.05) is 0 Å². The van der Waals surface area contributed by atoms with E-state index in [1.807, 2.05) is 0 Å². The molecule has 0 aromatic heterocycles. The standard InChI is InChI=1S/C10H19NO/c1-7(2)4-10(12)11-9-5-8(3)6-9/h7-9H,4-6H2,1-3H3,(H,11,12). The molecule has 1 aliphatic rings. The largest absolute Gasteiger partial charge is 0.353 e. The lowest BCUT2D eigenvalue weighted by molar-refractivity contribution is -0.123. The molecule has 0 saturated heterocycles. The molecule has 0 radical (unpaired) electrons. The monoisotopic (exact) mass is 169 g/mol. The van der Waals surface area contributed by atoms with E-state index in [9.17, 15) is 4.79 Å². The molecular formula is C10H19NO. The number of carbonyl (C=O) groups is 1. The molecule has 2 heteroatoms. The molecule has 1 amide bonds. The van der Waals surface area contributed by atoms with Crippen LogP contribution in [0, 0.1) is 11.8 Å². The fourth-order valence-electron chi connectivity index (χ4n) is 1.68. The smallest absolute Gasteiger partial charge is 0.220 e. The third kappa shape index (κ3) is 2.84. The molecule has 0 bridgehead atoms. The summed E-state index contributed by atoms with van der Waals surface area (Å²) in [5, 5.41) is 3.04. The fourth-order valence-corrected chi connectivity index (χ4v) is 1.68. The number of hydrogen-bond acceptors (Lipinski definition) is 1. The average molecular weight is 169 g/mol. The van der Waals surface area contributed by atoms with Crippen molar-refractivity contribution in [2.45, 2.75) is 46.1 Å². The summed E-state index contributed by atoms with van der Waals surface area (Å²) in [7, 11) is 0. The van der Waals surface area contributed by atoms with Gasteiger partial charge in [-0.05, 0) is 24.7 Å². The zero-order valence-corrected chi connectivity index (χ0v) is 8.26. The minimum absolute atomic E-state index is 0.224. The molecule has 0 heterocycles. The molecule has 0 unspecified atom stereocenters. The minimum atomic E-state index is 0.224. The van der Waals surface area contributed by atoms with Crippen LogP contribution >= 0.6 is 0 Å². The molecule has 2 nitrogen and oxygen atoms in total. The van der Waals surface area contributed by atoms with Gasteiger partial charge in [-0.2, -0.15) is 0 Å². The first kappa shape index (κ1) is 9.56. The summed E-state index contributed by atoms with van der Waals surface area (Å²) in [4.78, 5) is 11.3. The predicted molar refractivity (Wildman–Crippen MR) is 49.8 cm³/mol. The molecule has 70 valence electrons. The van der Waals surface area contributed by atoms with E-state index in [-0.39, 0.29) is 5.91 Å². The Morgan fingerprint density at radius 2 is 2.08 bits per heavy atom.